The number of piperidine rings is 1. The van der Waals surface area contributed by atoms with Gasteiger partial charge in [-0.05, 0) is 50.6 Å². The molecule has 0 unspecified atom stereocenters. The van der Waals surface area contributed by atoms with Gasteiger partial charge in [-0.25, -0.2) is 0 Å². The third kappa shape index (κ3) is 5.59. The molecule has 1 fully saturated rings. The molecule has 4 nitrogen and oxygen atoms in total. The first-order chi connectivity index (χ1) is 10.2. The van der Waals surface area contributed by atoms with Crippen LogP contribution in [0.1, 0.15) is 12.8 Å². The number of nitrogens with one attached hydrogen (secondary N) is 1. The van der Waals surface area contributed by atoms with Gasteiger partial charge < -0.3 is 15.0 Å². The predicted molar refractivity (Wildman–Crippen MR) is 86.9 cm³/mol. The van der Waals surface area contributed by atoms with Gasteiger partial charge in [0.05, 0.1) is 12.9 Å². The Kier molecular flexibility index (Phi) is 6.39. The molecule has 1 aliphatic rings. The van der Waals surface area contributed by atoms with Crippen molar-refractivity contribution in [2.24, 2.45) is 5.92 Å². The lowest BCUT2D eigenvalue weighted by Crippen LogP contribution is -2.39. The number of benzene rings is 1. The van der Waals surface area contributed by atoms with Gasteiger partial charge in [0.15, 0.2) is 0 Å². The lowest BCUT2D eigenvalue weighted by molar-refractivity contribution is -0.118. The second-order valence-corrected chi connectivity index (χ2v) is 6.59. The quantitative estimate of drug-likeness (QED) is 0.819. The van der Waals surface area contributed by atoms with Gasteiger partial charge in [-0.2, -0.15) is 0 Å². The summed E-state index contributed by atoms with van der Waals surface area (Å²) in [5, 5.41) is 3.05. The van der Waals surface area contributed by atoms with Crippen molar-refractivity contribution in [2.45, 2.75) is 17.7 Å². The molecule has 0 bridgehead atoms. The number of likely N-dealkylation sites (tertiary alicyclic amines) is 1. The molecule has 0 aromatic heterocycles. The maximum atomic E-state index is 11.9. The van der Waals surface area contributed by atoms with Crippen molar-refractivity contribution in [2.75, 3.05) is 39.5 Å². The predicted octanol–water partition coefficient (Wildman–Crippen LogP) is 2.25. The van der Waals surface area contributed by atoms with Crippen molar-refractivity contribution in [3.63, 3.8) is 0 Å². The van der Waals surface area contributed by atoms with Gasteiger partial charge in [0, 0.05) is 18.0 Å². The van der Waals surface area contributed by atoms with E-state index in [9.17, 15) is 4.79 Å². The second-order valence-electron chi connectivity index (χ2n) is 5.54. The standard InChI is InChI=1S/C16H24N2O2S/c1-18-8-4-5-13(11-18)10-17-16(19)12-21-15-7-3-6-14(9-15)20-2/h3,6-7,9,13H,4-5,8,10-12H2,1-2H3,(H,17,19)/t13-/m1/s1. The van der Waals surface area contributed by atoms with Crippen LogP contribution in [0.25, 0.3) is 0 Å². The van der Waals surface area contributed by atoms with E-state index in [2.05, 4.69) is 17.3 Å². The van der Waals surface area contributed by atoms with E-state index in [1.807, 2.05) is 24.3 Å². The molecule has 0 aliphatic carbocycles. The molecule has 1 heterocycles. The first-order valence-corrected chi connectivity index (χ1v) is 8.38. The monoisotopic (exact) mass is 308 g/mol. The number of carbonyl (C=O) groups excluding carboxylic acids is 1. The fourth-order valence-corrected chi connectivity index (χ4v) is 3.36. The Morgan fingerprint density at radius 2 is 2.38 bits per heavy atom. The SMILES string of the molecule is COc1cccc(SCC(=O)NC[C@H]2CCCN(C)C2)c1. The molecule has 0 spiro atoms. The molecule has 1 aliphatic heterocycles. The minimum absolute atomic E-state index is 0.107. The molecule has 21 heavy (non-hydrogen) atoms. The van der Waals surface area contributed by atoms with Crippen LogP contribution in [0.5, 0.6) is 5.75 Å². The molecule has 2 rings (SSSR count). The van der Waals surface area contributed by atoms with E-state index in [0.29, 0.717) is 11.7 Å². The average Bonchev–Trinajstić information content (AvgIpc) is 2.51. The highest BCUT2D eigenvalue weighted by Gasteiger charge is 2.17. The first-order valence-electron chi connectivity index (χ1n) is 7.39. The maximum Gasteiger partial charge on any atom is 0.230 e. The van der Waals surface area contributed by atoms with Crippen LogP contribution in [-0.4, -0.2) is 50.4 Å². The van der Waals surface area contributed by atoms with Crippen LogP contribution >= 0.6 is 11.8 Å². The number of hydrogen-bond donors (Lipinski definition) is 1. The minimum Gasteiger partial charge on any atom is -0.497 e. The highest BCUT2D eigenvalue weighted by Crippen LogP contribution is 2.22. The average molecular weight is 308 g/mol. The van der Waals surface area contributed by atoms with Crippen molar-refractivity contribution in [1.29, 1.82) is 0 Å². The van der Waals surface area contributed by atoms with E-state index in [1.54, 1.807) is 18.9 Å². The molecular weight excluding hydrogens is 284 g/mol. The number of methoxy groups -OCH3 is 1. The smallest absolute Gasteiger partial charge is 0.230 e. The zero-order valence-electron chi connectivity index (χ0n) is 12.8. The van der Waals surface area contributed by atoms with E-state index >= 15 is 0 Å². The lowest BCUT2D eigenvalue weighted by atomic mass is 9.98. The summed E-state index contributed by atoms with van der Waals surface area (Å²) in [6.07, 6.45) is 2.45. The Morgan fingerprint density at radius 3 is 3.14 bits per heavy atom. The van der Waals surface area contributed by atoms with Crippen LogP contribution in [-0.2, 0) is 4.79 Å². The number of amides is 1. The molecule has 1 atom stereocenters. The van der Waals surface area contributed by atoms with Crippen LogP contribution in [0, 0.1) is 5.92 Å². The Hall–Kier alpha value is -1.20. The third-order valence-electron chi connectivity index (χ3n) is 3.72. The summed E-state index contributed by atoms with van der Waals surface area (Å²) in [6.45, 7) is 3.06. The first kappa shape index (κ1) is 16.2. The molecule has 0 radical (unpaired) electrons. The Balaban J connectivity index is 1.69. The van der Waals surface area contributed by atoms with Crippen LogP contribution in [0.3, 0.4) is 0 Å². The van der Waals surface area contributed by atoms with Gasteiger partial charge in [0.1, 0.15) is 5.75 Å². The highest BCUT2D eigenvalue weighted by molar-refractivity contribution is 8.00. The molecule has 1 N–H and O–H groups in total. The largest absolute Gasteiger partial charge is 0.497 e. The molecule has 116 valence electrons. The molecule has 1 saturated heterocycles. The molecule has 1 aromatic rings. The van der Waals surface area contributed by atoms with Crippen LogP contribution < -0.4 is 10.1 Å². The van der Waals surface area contributed by atoms with Gasteiger partial charge in [-0.1, -0.05) is 6.07 Å². The number of hydrogen-bond acceptors (Lipinski definition) is 4. The highest BCUT2D eigenvalue weighted by atomic mass is 32.2. The van der Waals surface area contributed by atoms with E-state index in [-0.39, 0.29) is 5.91 Å². The second kappa shape index (κ2) is 8.29. The summed E-state index contributed by atoms with van der Waals surface area (Å²) in [4.78, 5) is 15.3. The summed E-state index contributed by atoms with van der Waals surface area (Å²) in [7, 11) is 3.80. The third-order valence-corrected chi connectivity index (χ3v) is 4.71. The summed E-state index contributed by atoms with van der Waals surface area (Å²) < 4.78 is 5.18. The summed E-state index contributed by atoms with van der Waals surface area (Å²) in [6, 6.07) is 7.80. The van der Waals surface area contributed by atoms with Gasteiger partial charge in [0.25, 0.3) is 0 Å². The maximum absolute atomic E-state index is 11.9. The van der Waals surface area contributed by atoms with Gasteiger partial charge >= 0.3 is 0 Å². The Labute approximate surface area is 131 Å². The fourth-order valence-electron chi connectivity index (χ4n) is 2.59. The van der Waals surface area contributed by atoms with Crippen LogP contribution in [0.15, 0.2) is 29.2 Å². The van der Waals surface area contributed by atoms with Crippen molar-refractivity contribution in [3.05, 3.63) is 24.3 Å². The molecular formula is C16H24N2O2S. The fraction of sp³-hybridized carbons (Fsp3) is 0.562. The number of thioether (sulfide) groups is 1. The molecule has 1 amide bonds. The lowest BCUT2D eigenvalue weighted by Gasteiger charge is -2.29. The van der Waals surface area contributed by atoms with Crippen LogP contribution in [0.4, 0.5) is 0 Å². The number of nitrogens with zero attached hydrogens (tertiary/aromatic N) is 1. The number of ether oxygens (including phenoxy) is 1. The van der Waals surface area contributed by atoms with Gasteiger partial charge in [-0.3, -0.25) is 4.79 Å². The minimum atomic E-state index is 0.107. The molecule has 1 aromatic carbocycles. The van der Waals surface area contributed by atoms with Crippen molar-refractivity contribution in [1.82, 2.24) is 10.2 Å². The summed E-state index contributed by atoms with van der Waals surface area (Å²) >= 11 is 1.54. The summed E-state index contributed by atoms with van der Waals surface area (Å²) in [5.41, 5.74) is 0. The van der Waals surface area contributed by atoms with E-state index in [0.717, 1.165) is 23.7 Å². The zero-order chi connectivity index (χ0) is 15.1. The van der Waals surface area contributed by atoms with Crippen molar-refractivity contribution >= 4 is 17.7 Å². The van der Waals surface area contributed by atoms with Gasteiger partial charge in [-0.15, -0.1) is 11.8 Å². The topological polar surface area (TPSA) is 41.6 Å². The van der Waals surface area contributed by atoms with E-state index in [1.165, 1.54) is 19.4 Å². The number of carbonyl (C=O) groups is 1. The van der Waals surface area contributed by atoms with Crippen molar-refractivity contribution < 1.29 is 9.53 Å². The molecule has 0 saturated carbocycles. The normalized spacial score (nSPS) is 19.2. The Morgan fingerprint density at radius 1 is 1.52 bits per heavy atom. The summed E-state index contributed by atoms with van der Waals surface area (Å²) in [5.74, 6) is 1.98. The zero-order valence-corrected chi connectivity index (χ0v) is 13.6. The Bertz CT molecular complexity index is 467. The number of rotatable bonds is 6. The van der Waals surface area contributed by atoms with E-state index in [4.69, 9.17) is 4.74 Å². The van der Waals surface area contributed by atoms with Gasteiger partial charge in [0.2, 0.25) is 5.91 Å². The van der Waals surface area contributed by atoms with E-state index < -0.39 is 0 Å². The van der Waals surface area contributed by atoms with Crippen LogP contribution in [0.2, 0.25) is 0 Å². The molecule has 5 heteroatoms. The van der Waals surface area contributed by atoms with Crippen molar-refractivity contribution in [3.8, 4) is 5.75 Å².